The monoisotopic (exact) mass is 265 g/mol. The molecule has 3 heteroatoms. The van der Waals surface area contributed by atoms with Crippen molar-refractivity contribution < 1.29 is 9.84 Å². The minimum absolute atomic E-state index is 0.0565. The molecule has 0 bridgehead atoms. The summed E-state index contributed by atoms with van der Waals surface area (Å²) in [4.78, 5) is 0. The van der Waals surface area contributed by atoms with E-state index in [0.717, 1.165) is 12.3 Å². The Kier molecular flexibility index (Phi) is 5.39. The first-order valence-corrected chi connectivity index (χ1v) is 6.90. The molecule has 1 atom stereocenters. The number of benzene rings is 1. The Hall–Kier alpha value is -1.06. The molecule has 0 aliphatic rings. The van der Waals surface area contributed by atoms with Crippen molar-refractivity contribution >= 4 is 0 Å². The predicted molar refractivity (Wildman–Crippen MR) is 79.8 cm³/mol. The standard InChI is InChI=1S/C16H27NO2/c1-6-17-16(5,11-18)12-19-14-9-7-13(8-10-14)15(2,3)4/h7-10,17-18H,6,11-12H2,1-5H3. The Balaban J connectivity index is 2.64. The van der Waals surface area contributed by atoms with Crippen LogP contribution in [0.3, 0.4) is 0 Å². The lowest BCUT2D eigenvalue weighted by molar-refractivity contribution is 0.117. The maximum atomic E-state index is 9.40. The van der Waals surface area contributed by atoms with Gasteiger partial charge in [-0.3, -0.25) is 0 Å². The van der Waals surface area contributed by atoms with Gasteiger partial charge in [-0.25, -0.2) is 0 Å². The molecule has 3 nitrogen and oxygen atoms in total. The molecule has 0 heterocycles. The summed E-state index contributed by atoms with van der Waals surface area (Å²) in [6, 6.07) is 8.17. The van der Waals surface area contributed by atoms with Crippen LogP contribution >= 0.6 is 0 Å². The van der Waals surface area contributed by atoms with Crippen LogP contribution in [0, 0.1) is 0 Å². The zero-order valence-corrected chi connectivity index (χ0v) is 12.8. The van der Waals surface area contributed by atoms with E-state index in [4.69, 9.17) is 4.74 Å². The summed E-state index contributed by atoms with van der Waals surface area (Å²) in [6.07, 6.45) is 0. The lowest BCUT2D eigenvalue weighted by atomic mass is 9.87. The van der Waals surface area contributed by atoms with E-state index >= 15 is 0 Å². The molecule has 108 valence electrons. The maximum absolute atomic E-state index is 9.40. The molecule has 0 saturated carbocycles. The fourth-order valence-corrected chi connectivity index (χ4v) is 1.87. The van der Waals surface area contributed by atoms with E-state index < -0.39 is 5.54 Å². The molecule has 0 amide bonds. The van der Waals surface area contributed by atoms with E-state index in [2.05, 4.69) is 38.2 Å². The Morgan fingerprint density at radius 2 is 1.68 bits per heavy atom. The van der Waals surface area contributed by atoms with Gasteiger partial charge in [-0.05, 0) is 36.6 Å². The van der Waals surface area contributed by atoms with Gasteiger partial charge >= 0.3 is 0 Å². The third-order valence-corrected chi connectivity index (χ3v) is 3.23. The van der Waals surface area contributed by atoms with Crippen molar-refractivity contribution in [1.82, 2.24) is 5.32 Å². The first kappa shape index (κ1) is 16.0. The van der Waals surface area contributed by atoms with Gasteiger partial charge in [-0.1, -0.05) is 39.8 Å². The number of aliphatic hydroxyl groups is 1. The van der Waals surface area contributed by atoms with Crippen LogP contribution in [0.5, 0.6) is 5.75 Å². The highest BCUT2D eigenvalue weighted by Gasteiger charge is 2.23. The molecule has 0 spiro atoms. The van der Waals surface area contributed by atoms with Crippen LogP contribution in [0.25, 0.3) is 0 Å². The maximum Gasteiger partial charge on any atom is 0.119 e. The smallest absolute Gasteiger partial charge is 0.119 e. The Labute approximate surface area is 117 Å². The van der Waals surface area contributed by atoms with E-state index in [-0.39, 0.29) is 12.0 Å². The minimum Gasteiger partial charge on any atom is -0.492 e. The van der Waals surface area contributed by atoms with E-state index in [1.165, 1.54) is 5.56 Å². The van der Waals surface area contributed by atoms with Gasteiger partial charge in [-0.15, -0.1) is 0 Å². The van der Waals surface area contributed by atoms with E-state index in [0.29, 0.717) is 6.61 Å². The third-order valence-electron chi connectivity index (χ3n) is 3.23. The van der Waals surface area contributed by atoms with Crippen molar-refractivity contribution in [2.24, 2.45) is 0 Å². The highest BCUT2D eigenvalue weighted by Crippen LogP contribution is 2.24. The number of ether oxygens (including phenoxy) is 1. The summed E-state index contributed by atoms with van der Waals surface area (Å²) in [5, 5.41) is 12.6. The predicted octanol–water partition coefficient (Wildman–Crippen LogP) is 2.72. The van der Waals surface area contributed by atoms with Crippen LogP contribution in [-0.4, -0.2) is 30.4 Å². The molecule has 0 aromatic heterocycles. The second-order valence-corrected chi connectivity index (χ2v) is 6.31. The lowest BCUT2D eigenvalue weighted by Crippen LogP contribution is -2.50. The van der Waals surface area contributed by atoms with Crippen LogP contribution in [0.4, 0.5) is 0 Å². The summed E-state index contributed by atoms with van der Waals surface area (Å²) in [6.45, 7) is 11.9. The molecule has 0 fully saturated rings. The molecule has 2 N–H and O–H groups in total. The second-order valence-electron chi connectivity index (χ2n) is 6.31. The van der Waals surface area contributed by atoms with Gasteiger partial charge in [0.25, 0.3) is 0 Å². The molecule has 0 saturated heterocycles. The largest absolute Gasteiger partial charge is 0.492 e. The fourth-order valence-electron chi connectivity index (χ4n) is 1.87. The first-order chi connectivity index (χ1) is 8.80. The van der Waals surface area contributed by atoms with Crippen molar-refractivity contribution in [2.45, 2.75) is 45.6 Å². The quantitative estimate of drug-likeness (QED) is 0.831. The van der Waals surface area contributed by atoms with Gasteiger partial charge in [-0.2, -0.15) is 0 Å². The first-order valence-electron chi connectivity index (χ1n) is 6.90. The van der Waals surface area contributed by atoms with Crippen LogP contribution < -0.4 is 10.1 Å². The van der Waals surface area contributed by atoms with E-state index in [1.54, 1.807) is 0 Å². The molecule has 19 heavy (non-hydrogen) atoms. The second kappa shape index (κ2) is 6.40. The number of hydrogen-bond acceptors (Lipinski definition) is 3. The molecule has 1 unspecified atom stereocenters. The van der Waals surface area contributed by atoms with Gasteiger partial charge in [0.1, 0.15) is 12.4 Å². The summed E-state index contributed by atoms with van der Waals surface area (Å²) in [7, 11) is 0. The number of rotatable bonds is 6. The zero-order chi connectivity index (χ0) is 14.5. The highest BCUT2D eigenvalue weighted by atomic mass is 16.5. The summed E-state index contributed by atoms with van der Waals surface area (Å²) >= 11 is 0. The van der Waals surface area contributed by atoms with Crippen molar-refractivity contribution in [3.8, 4) is 5.75 Å². The Morgan fingerprint density at radius 3 is 2.11 bits per heavy atom. The molecular weight excluding hydrogens is 238 g/mol. The molecular formula is C16H27NO2. The van der Waals surface area contributed by atoms with Crippen molar-refractivity contribution in [1.29, 1.82) is 0 Å². The molecule has 1 rings (SSSR count). The summed E-state index contributed by atoms with van der Waals surface area (Å²) < 4.78 is 5.76. The third kappa shape index (κ3) is 4.84. The molecule has 1 aromatic rings. The van der Waals surface area contributed by atoms with Crippen LogP contribution in [0.15, 0.2) is 24.3 Å². The lowest BCUT2D eigenvalue weighted by Gasteiger charge is -2.28. The van der Waals surface area contributed by atoms with E-state index in [1.807, 2.05) is 26.0 Å². The Bertz CT molecular complexity index is 381. The normalized spacial score (nSPS) is 15.1. The fraction of sp³-hybridized carbons (Fsp3) is 0.625. The van der Waals surface area contributed by atoms with E-state index in [9.17, 15) is 5.11 Å². The number of hydrogen-bond donors (Lipinski definition) is 2. The highest BCUT2D eigenvalue weighted by molar-refractivity contribution is 5.31. The summed E-state index contributed by atoms with van der Waals surface area (Å²) in [5.41, 5.74) is 1.05. The van der Waals surface area contributed by atoms with Gasteiger partial charge in [0, 0.05) is 0 Å². The van der Waals surface area contributed by atoms with Crippen LogP contribution in [0.1, 0.15) is 40.2 Å². The van der Waals surface area contributed by atoms with Gasteiger partial charge in [0.15, 0.2) is 0 Å². The average Bonchev–Trinajstić information content (AvgIpc) is 2.36. The average molecular weight is 265 g/mol. The van der Waals surface area contributed by atoms with Crippen LogP contribution in [-0.2, 0) is 5.41 Å². The van der Waals surface area contributed by atoms with Gasteiger partial charge in [0.05, 0.1) is 12.1 Å². The Morgan fingerprint density at radius 1 is 1.11 bits per heavy atom. The molecule has 0 aliphatic carbocycles. The number of likely N-dealkylation sites (N-methyl/N-ethyl adjacent to an activating group) is 1. The summed E-state index contributed by atoms with van der Waals surface area (Å²) in [5.74, 6) is 0.838. The van der Waals surface area contributed by atoms with Gasteiger partial charge < -0.3 is 15.2 Å². The van der Waals surface area contributed by atoms with Crippen molar-refractivity contribution in [3.05, 3.63) is 29.8 Å². The molecule has 0 aliphatic heterocycles. The minimum atomic E-state index is -0.391. The van der Waals surface area contributed by atoms with Crippen LogP contribution in [0.2, 0.25) is 0 Å². The van der Waals surface area contributed by atoms with Gasteiger partial charge in [0.2, 0.25) is 0 Å². The number of aliphatic hydroxyl groups excluding tert-OH is 1. The van der Waals surface area contributed by atoms with Crippen molar-refractivity contribution in [3.63, 3.8) is 0 Å². The zero-order valence-electron chi connectivity index (χ0n) is 12.8. The van der Waals surface area contributed by atoms with Crippen molar-refractivity contribution in [2.75, 3.05) is 19.8 Å². The molecule has 0 radical (unpaired) electrons. The SMILES string of the molecule is CCNC(C)(CO)COc1ccc(C(C)(C)C)cc1. The topological polar surface area (TPSA) is 41.5 Å². The number of nitrogens with one attached hydrogen (secondary N) is 1. The molecule has 1 aromatic carbocycles.